The van der Waals surface area contributed by atoms with Crippen LogP contribution in [0.2, 0.25) is 0 Å². The second-order valence-electron chi connectivity index (χ2n) is 8.15. The molecule has 0 spiro atoms. The molecular formula is C24H24N2O6. The summed E-state index contributed by atoms with van der Waals surface area (Å²) in [5, 5.41) is 0. The Labute approximate surface area is 185 Å². The summed E-state index contributed by atoms with van der Waals surface area (Å²) in [5.41, 5.74) is 1.22. The molecule has 32 heavy (non-hydrogen) atoms. The molecule has 0 N–H and O–H groups in total. The highest BCUT2D eigenvalue weighted by Gasteiger charge is 2.60. The van der Waals surface area contributed by atoms with Gasteiger partial charge in [-0.2, -0.15) is 0 Å². The van der Waals surface area contributed by atoms with E-state index in [1.807, 2.05) is 13.8 Å². The monoisotopic (exact) mass is 436 g/mol. The predicted molar refractivity (Wildman–Crippen MR) is 114 cm³/mol. The SMILES string of the molecule is COC(=O)[C@@H](C(C)C)N1C(=O)[C@@H](N2C(=O)c3ccccc3C2=O)[C@@H]1c1ccc(OC)cc1. The molecule has 0 bridgehead atoms. The Morgan fingerprint density at radius 2 is 1.44 bits per heavy atom. The highest BCUT2D eigenvalue weighted by Crippen LogP contribution is 2.44. The Morgan fingerprint density at radius 3 is 1.91 bits per heavy atom. The lowest BCUT2D eigenvalue weighted by Gasteiger charge is -2.53. The lowest BCUT2D eigenvalue weighted by molar-refractivity contribution is -0.173. The van der Waals surface area contributed by atoms with Gasteiger partial charge in [-0.05, 0) is 35.7 Å². The van der Waals surface area contributed by atoms with Crippen molar-refractivity contribution in [1.82, 2.24) is 9.80 Å². The third-order valence-electron chi connectivity index (χ3n) is 6.04. The average Bonchev–Trinajstić information content (AvgIpc) is 3.05. The molecule has 0 unspecified atom stereocenters. The number of rotatable bonds is 6. The van der Waals surface area contributed by atoms with Gasteiger partial charge in [0.05, 0.1) is 31.4 Å². The van der Waals surface area contributed by atoms with Crippen molar-refractivity contribution in [3.05, 3.63) is 65.2 Å². The van der Waals surface area contributed by atoms with Crippen LogP contribution in [0.4, 0.5) is 0 Å². The van der Waals surface area contributed by atoms with Crippen molar-refractivity contribution < 1.29 is 28.7 Å². The second-order valence-corrected chi connectivity index (χ2v) is 8.15. The molecule has 0 saturated carbocycles. The van der Waals surface area contributed by atoms with Gasteiger partial charge in [0, 0.05) is 0 Å². The molecule has 3 atom stereocenters. The number of hydrogen-bond acceptors (Lipinski definition) is 6. The van der Waals surface area contributed by atoms with E-state index in [1.165, 1.54) is 12.0 Å². The van der Waals surface area contributed by atoms with Gasteiger partial charge in [-0.25, -0.2) is 4.79 Å². The third-order valence-corrected chi connectivity index (χ3v) is 6.04. The van der Waals surface area contributed by atoms with E-state index in [2.05, 4.69) is 0 Å². The Bertz CT molecular complexity index is 1060. The minimum absolute atomic E-state index is 0.240. The minimum Gasteiger partial charge on any atom is -0.497 e. The Kier molecular flexibility index (Phi) is 5.46. The van der Waals surface area contributed by atoms with Gasteiger partial charge in [-0.3, -0.25) is 19.3 Å². The largest absolute Gasteiger partial charge is 0.497 e. The van der Waals surface area contributed by atoms with Crippen LogP contribution < -0.4 is 4.74 Å². The van der Waals surface area contributed by atoms with E-state index in [1.54, 1.807) is 55.6 Å². The van der Waals surface area contributed by atoms with Crippen LogP contribution in [0, 0.1) is 5.92 Å². The van der Waals surface area contributed by atoms with Gasteiger partial charge in [0.15, 0.2) is 0 Å². The first kappa shape index (κ1) is 21.5. The van der Waals surface area contributed by atoms with Gasteiger partial charge in [0.25, 0.3) is 11.8 Å². The standard InChI is InChI=1S/C24H24N2O6/c1-13(2)18(24(30)32-4)25-19(14-9-11-15(31-3)12-10-14)20(23(25)29)26-21(27)16-7-5-6-8-17(16)22(26)28/h5-13,18-20H,1-4H3/t18-,19+,20+/m1/s1. The van der Waals surface area contributed by atoms with Gasteiger partial charge in [-0.15, -0.1) is 0 Å². The highest BCUT2D eigenvalue weighted by molar-refractivity contribution is 6.23. The van der Waals surface area contributed by atoms with Crippen LogP contribution in [-0.2, 0) is 14.3 Å². The molecule has 0 aliphatic carbocycles. The summed E-state index contributed by atoms with van der Waals surface area (Å²) >= 11 is 0. The van der Waals surface area contributed by atoms with Gasteiger partial charge in [0.1, 0.15) is 17.8 Å². The topological polar surface area (TPSA) is 93.2 Å². The van der Waals surface area contributed by atoms with Crippen LogP contribution in [0.1, 0.15) is 46.2 Å². The average molecular weight is 436 g/mol. The normalized spacial score (nSPS) is 20.8. The van der Waals surface area contributed by atoms with E-state index >= 15 is 0 Å². The fourth-order valence-corrected chi connectivity index (χ4v) is 4.49. The molecule has 2 aromatic carbocycles. The number of hydrogen-bond donors (Lipinski definition) is 0. The number of esters is 1. The summed E-state index contributed by atoms with van der Waals surface area (Å²) in [6, 6.07) is 10.9. The lowest BCUT2D eigenvalue weighted by Crippen LogP contribution is -2.70. The maximum absolute atomic E-state index is 13.4. The number of β-lactam (4-membered cyclic amide) rings is 1. The van der Waals surface area contributed by atoms with E-state index in [0.717, 1.165) is 4.90 Å². The fourth-order valence-electron chi connectivity index (χ4n) is 4.49. The van der Waals surface area contributed by atoms with Crippen molar-refractivity contribution in [3.63, 3.8) is 0 Å². The maximum Gasteiger partial charge on any atom is 0.328 e. The number of nitrogens with zero attached hydrogens (tertiary/aromatic N) is 2. The molecule has 0 radical (unpaired) electrons. The summed E-state index contributed by atoms with van der Waals surface area (Å²) in [6.07, 6.45) is 0. The summed E-state index contributed by atoms with van der Waals surface area (Å²) in [4.78, 5) is 54.6. The molecule has 2 aromatic rings. The van der Waals surface area contributed by atoms with Crippen molar-refractivity contribution in [1.29, 1.82) is 0 Å². The number of amides is 3. The van der Waals surface area contributed by atoms with Crippen LogP contribution in [0.5, 0.6) is 5.75 Å². The van der Waals surface area contributed by atoms with Crippen LogP contribution >= 0.6 is 0 Å². The lowest BCUT2D eigenvalue weighted by atomic mass is 9.83. The number of ether oxygens (including phenoxy) is 2. The smallest absolute Gasteiger partial charge is 0.328 e. The molecule has 1 fully saturated rings. The van der Waals surface area contributed by atoms with Crippen LogP contribution in [0.3, 0.4) is 0 Å². The minimum atomic E-state index is -1.05. The molecule has 2 aliphatic rings. The van der Waals surface area contributed by atoms with E-state index in [4.69, 9.17) is 9.47 Å². The van der Waals surface area contributed by atoms with E-state index in [0.29, 0.717) is 11.3 Å². The molecule has 4 rings (SSSR count). The number of imide groups is 1. The van der Waals surface area contributed by atoms with Gasteiger partial charge >= 0.3 is 5.97 Å². The van der Waals surface area contributed by atoms with Crippen LogP contribution in [0.15, 0.2) is 48.5 Å². The van der Waals surface area contributed by atoms with Crippen molar-refractivity contribution in [2.24, 2.45) is 5.92 Å². The van der Waals surface area contributed by atoms with Crippen LogP contribution in [-0.4, -0.2) is 59.8 Å². The first-order valence-corrected chi connectivity index (χ1v) is 10.3. The van der Waals surface area contributed by atoms with Gasteiger partial charge in [0.2, 0.25) is 5.91 Å². The first-order valence-electron chi connectivity index (χ1n) is 10.3. The second kappa shape index (κ2) is 8.11. The highest BCUT2D eigenvalue weighted by atomic mass is 16.5. The summed E-state index contributed by atoms with van der Waals surface area (Å²) in [7, 11) is 2.81. The molecule has 166 valence electrons. The Balaban J connectivity index is 1.78. The number of carbonyl (C=O) groups excluding carboxylic acids is 4. The zero-order chi connectivity index (χ0) is 23.2. The molecule has 1 saturated heterocycles. The summed E-state index contributed by atoms with van der Waals surface area (Å²) < 4.78 is 10.2. The molecule has 3 amide bonds. The van der Waals surface area contributed by atoms with Crippen LogP contribution in [0.25, 0.3) is 0 Å². The Morgan fingerprint density at radius 1 is 0.875 bits per heavy atom. The molecule has 2 aliphatic heterocycles. The summed E-state index contributed by atoms with van der Waals surface area (Å²) in [6.45, 7) is 3.63. The molecular weight excluding hydrogens is 412 g/mol. The van der Waals surface area contributed by atoms with Crippen molar-refractivity contribution >= 4 is 23.7 Å². The van der Waals surface area contributed by atoms with Gasteiger partial charge < -0.3 is 14.4 Å². The zero-order valence-electron chi connectivity index (χ0n) is 18.3. The molecule has 0 aromatic heterocycles. The first-order chi connectivity index (χ1) is 15.3. The summed E-state index contributed by atoms with van der Waals surface area (Å²) in [5.74, 6) is -1.66. The van der Waals surface area contributed by atoms with Gasteiger partial charge in [-0.1, -0.05) is 38.1 Å². The number of fused-ring (bicyclic) bond motifs is 1. The fraction of sp³-hybridized carbons (Fsp3) is 0.333. The van der Waals surface area contributed by atoms with E-state index in [-0.39, 0.29) is 17.0 Å². The molecule has 2 heterocycles. The van der Waals surface area contributed by atoms with Crippen molar-refractivity contribution in [3.8, 4) is 5.75 Å². The van der Waals surface area contributed by atoms with E-state index in [9.17, 15) is 19.2 Å². The number of benzene rings is 2. The quantitative estimate of drug-likeness (QED) is 0.392. The zero-order valence-corrected chi connectivity index (χ0v) is 18.3. The number of methoxy groups -OCH3 is 2. The molecule has 8 heteroatoms. The van der Waals surface area contributed by atoms with Crippen molar-refractivity contribution in [2.45, 2.75) is 32.0 Å². The van der Waals surface area contributed by atoms with E-state index < -0.39 is 41.8 Å². The number of carbonyl (C=O) groups is 4. The predicted octanol–water partition coefficient (Wildman–Crippen LogP) is 2.44. The van der Waals surface area contributed by atoms with Crippen molar-refractivity contribution in [2.75, 3.05) is 14.2 Å². The third kappa shape index (κ3) is 3.14. The Hall–Kier alpha value is -3.68. The number of likely N-dealkylation sites (tertiary alicyclic amines) is 1. The maximum atomic E-state index is 13.4. The molecule has 8 nitrogen and oxygen atoms in total.